The van der Waals surface area contributed by atoms with Crippen LogP contribution in [0.1, 0.15) is 28.1 Å². The predicted octanol–water partition coefficient (Wildman–Crippen LogP) is 5.34. The Labute approximate surface area is 237 Å². The van der Waals surface area contributed by atoms with E-state index >= 15 is 0 Å². The molecule has 2 amide bonds. The van der Waals surface area contributed by atoms with Crippen LogP contribution < -0.4 is 9.80 Å². The first kappa shape index (κ1) is 29.3. The van der Waals surface area contributed by atoms with Crippen LogP contribution in [0, 0.1) is 5.92 Å². The number of piperidine rings is 1. The number of hydrogen-bond acceptors (Lipinski definition) is 6. The van der Waals surface area contributed by atoms with E-state index in [1.54, 1.807) is 17.0 Å². The third-order valence-corrected chi connectivity index (χ3v) is 7.89. The molecule has 0 radical (unpaired) electrons. The molecule has 1 fully saturated rings. The minimum absolute atomic E-state index is 0.0347. The quantitative estimate of drug-likeness (QED) is 0.439. The number of amides is 2. The fraction of sp³-hybridized carbons (Fsp3) is 0.333. The van der Waals surface area contributed by atoms with Gasteiger partial charge in [0.2, 0.25) is 5.91 Å². The lowest BCUT2D eigenvalue weighted by atomic mass is 9.95. The van der Waals surface area contributed by atoms with Crippen molar-refractivity contribution in [1.82, 2.24) is 9.88 Å². The van der Waals surface area contributed by atoms with E-state index in [2.05, 4.69) is 9.88 Å². The maximum atomic E-state index is 13.4. The van der Waals surface area contributed by atoms with Gasteiger partial charge in [-0.1, -0.05) is 29.8 Å². The van der Waals surface area contributed by atoms with Gasteiger partial charge in [-0.25, -0.2) is 4.79 Å². The average Bonchev–Trinajstić information content (AvgIpc) is 3.32. The monoisotopic (exact) mass is 594 g/mol. The molecule has 2 aliphatic heterocycles. The van der Waals surface area contributed by atoms with Crippen molar-refractivity contribution >= 4 is 52.1 Å². The fourth-order valence-electron chi connectivity index (χ4n) is 4.67. The van der Waals surface area contributed by atoms with Crippen molar-refractivity contribution in [2.75, 3.05) is 36.0 Å². The summed E-state index contributed by atoms with van der Waals surface area (Å²) in [7, 11) is 0. The number of benzene rings is 1. The van der Waals surface area contributed by atoms with Gasteiger partial charge in [0, 0.05) is 49.9 Å². The second-order valence-corrected chi connectivity index (χ2v) is 11.1. The Morgan fingerprint density at radius 3 is 2.27 bits per heavy atom. The van der Waals surface area contributed by atoms with Crippen LogP contribution in [-0.4, -0.2) is 65.1 Å². The van der Waals surface area contributed by atoms with Gasteiger partial charge in [0.25, 0.3) is 5.91 Å². The number of carboxylic acids is 1. The Morgan fingerprint density at radius 1 is 1.02 bits per heavy atom. The van der Waals surface area contributed by atoms with E-state index in [4.69, 9.17) is 21.5 Å². The molecule has 0 atom stereocenters. The largest absolute Gasteiger partial charge is 0.490 e. The molecule has 5 rings (SSSR count). The number of hydrogen-bond donors (Lipinski definition) is 1. The smallest absolute Gasteiger partial charge is 0.475 e. The molecule has 1 saturated heterocycles. The molecular weight excluding hydrogens is 569 g/mol. The number of thiophene rings is 1. The van der Waals surface area contributed by atoms with Crippen molar-refractivity contribution in [2.45, 2.75) is 25.6 Å². The van der Waals surface area contributed by atoms with Gasteiger partial charge >= 0.3 is 12.1 Å². The summed E-state index contributed by atoms with van der Waals surface area (Å²) in [6, 6.07) is 15.5. The van der Waals surface area contributed by atoms with Crippen LogP contribution >= 0.6 is 22.9 Å². The van der Waals surface area contributed by atoms with Crippen molar-refractivity contribution in [2.24, 2.45) is 5.92 Å². The van der Waals surface area contributed by atoms with Gasteiger partial charge in [0.1, 0.15) is 6.54 Å². The first-order chi connectivity index (χ1) is 19.0. The number of nitrogens with zero attached hydrogens (tertiary/aromatic N) is 4. The molecule has 0 aliphatic carbocycles. The predicted molar refractivity (Wildman–Crippen MR) is 146 cm³/mol. The SMILES string of the molecule is O=C(O)C(F)(F)F.O=C(c1ccc(Cl)s1)N1CC(=O)N(CC2CCN(c3ccncc3)CC2)c2ccccc2C1. The van der Waals surface area contributed by atoms with Crippen LogP contribution in [-0.2, 0) is 16.1 Å². The molecule has 212 valence electrons. The number of fused-ring (bicyclic) bond motifs is 1. The van der Waals surface area contributed by atoms with E-state index in [9.17, 15) is 22.8 Å². The van der Waals surface area contributed by atoms with Gasteiger partial charge in [-0.2, -0.15) is 13.2 Å². The number of para-hydroxylation sites is 1. The molecule has 13 heteroatoms. The number of aliphatic carboxylic acids is 1. The van der Waals surface area contributed by atoms with Gasteiger partial charge in [-0.05, 0) is 54.7 Å². The molecule has 1 N–H and O–H groups in total. The molecule has 0 spiro atoms. The lowest BCUT2D eigenvalue weighted by Crippen LogP contribution is -2.44. The molecule has 1 aromatic carbocycles. The normalized spacial score (nSPS) is 16.1. The van der Waals surface area contributed by atoms with Gasteiger partial charge in [0.05, 0.1) is 9.21 Å². The molecule has 2 aliphatic rings. The molecule has 0 bridgehead atoms. The van der Waals surface area contributed by atoms with Gasteiger partial charge in [-0.15, -0.1) is 11.3 Å². The van der Waals surface area contributed by atoms with Gasteiger partial charge in [0.15, 0.2) is 0 Å². The minimum Gasteiger partial charge on any atom is -0.475 e. The Bertz CT molecular complexity index is 1350. The number of pyridine rings is 1. The summed E-state index contributed by atoms with van der Waals surface area (Å²) in [4.78, 5) is 45.9. The highest BCUT2D eigenvalue weighted by atomic mass is 35.5. The summed E-state index contributed by atoms with van der Waals surface area (Å²) >= 11 is 7.28. The van der Waals surface area contributed by atoms with Crippen LogP contribution in [0.4, 0.5) is 24.5 Å². The maximum Gasteiger partial charge on any atom is 0.490 e. The zero-order valence-electron chi connectivity index (χ0n) is 21.2. The molecular formula is C27H26ClF3N4O4S. The van der Waals surface area contributed by atoms with Crippen LogP contribution in [0.25, 0.3) is 0 Å². The minimum atomic E-state index is -5.08. The molecule has 0 unspecified atom stereocenters. The number of anilines is 2. The Balaban J connectivity index is 0.000000470. The van der Waals surface area contributed by atoms with Gasteiger partial charge in [-0.3, -0.25) is 14.6 Å². The summed E-state index contributed by atoms with van der Waals surface area (Å²) in [6.45, 7) is 3.07. The number of carbonyl (C=O) groups is 3. The van der Waals surface area contributed by atoms with Crippen molar-refractivity contribution in [3.05, 3.63) is 75.7 Å². The van der Waals surface area contributed by atoms with Crippen molar-refractivity contribution in [1.29, 1.82) is 0 Å². The fourth-order valence-corrected chi connectivity index (χ4v) is 5.68. The number of aromatic nitrogens is 1. The standard InChI is InChI=1S/C25H25ClN4O2S.C2HF3O2/c26-23-6-5-22(33-23)25(32)29-16-19-3-1-2-4-21(19)30(24(31)17-29)15-18-9-13-28(14-10-18)20-7-11-27-12-8-20;3-2(4,5)1(6)7/h1-8,11-12,18H,9-10,13-17H2;(H,6,7). The summed E-state index contributed by atoms with van der Waals surface area (Å²) in [5, 5.41) is 7.12. The number of alkyl halides is 3. The van der Waals surface area contributed by atoms with Crippen molar-refractivity contribution in [3.63, 3.8) is 0 Å². The number of rotatable bonds is 4. The summed E-state index contributed by atoms with van der Waals surface area (Å²) in [6.07, 6.45) is 0.603. The highest BCUT2D eigenvalue weighted by Crippen LogP contribution is 2.31. The van der Waals surface area contributed by atoms with E-state index < -0.39 is 12.1 Å². The van der Waals surface area contributed by atoms with E-state index in [1.807, 2.05) is 53.7 Å². The third kappa shape index (κ3) is 7.30. The molecule has 2 aromatic heterocycles. The second-order valence-electron chi connectivity index (χ2n) is 9.34. The van der Waals surface area contributed by atoms with Crippen LogP contribution in [0.3, 0.4) is 0 Å². The van der Waals surface area contributed by atoms with E-state index in [0.717, 1.165) is 37.2 Å². The Morgan fingerprint density at radius 2 is 1.68 bits per heavy atom. The molecule has 4 heterocycles. The van der Waals surface area contributed by atoms with E-state index in [1.165, 1.54) is 17.0 Å². The molecule has 3 aromatic rings. The Hall–Kier alpha value is -3.64. The summed E-state index contributed by atoms with van der Waals surface area (Å²) < 4.78 is 32.3. The lowest BCUT2D eigenvalue weighted by Gasteiger charge is -2.36. The number of halogens is 4. The summed E-state index contributed by atoms with van der Waals surface area (Å²) in [5.41, 5.74) is 3.11. The molecule has 40 heavy (non-hydrogen) atoms. The molecule has 0 saturated carbocycles. The highest BCUT2D eigenvalue weighted by Gasteiger charge is 2.38. The maximum absolute atomic E-state index is 13.4. The van der Waals surface area contributed by atoms with Gasteiger partial charge < -0.3 is 19.8 Å². The van der Waals surface area contributed by atoms with Crippen molar-refractivity contribution in [3.8, 4) is 0 Å². The van der Waals surface area contributed by atoms with Crippen LogP contribution in [0.2, 0.25) is 4.34 Å². The second kappa shape index (κ2) is 12.7. The summed E-state index contributed by atoms with van der Waals surface area (Å²) in [5.74, 6) is -2.53. The topological polar surface area (TPSA) is 94.0 Å². The average molecular weight is 595 g/mol. The van der Waals surface area contributed by atoms with Crippen LogP contribution in [0.5, 0.6) is 0 Å². The Kier molecular flexibility index (Phi) is 9.31. The van der Waals surface area contributed by atoms with E-state index in [-0.39, 0.29) is 18.4 Å². The van der Waals surface area contributed by atoms with E-state index in [0.29, 0.717) is 28.2 Å². The van der Waals surface area contributed by atoms with Crippen LogP contribution in [0.15, 0.2) is 60.9 Å². The van der Waals surface area contributed by atoms with Crippen molar-refractivity contribution < 1.29 is 32.7 Å². The highest BCUT2D eigenvalue weighted by molar-refractivity contribution is 7.18. The first-order valence-electron chi connectivity index (χ1n) is 12.4. The third-order valence-electron chi connectivity index (χ3n) is 6.67. The first-order valence-corrected chi connectivity index (χ1v) is 13.6. The zero-order chi connectivity index (χ0) is 28.9. The number of carbonyl (C=O) groups excluding carboxylic acids is 2. The lowest BCUT2D eigenvalue weighted by molar-refractivity contribution is -0.192. The zero-order valence-corrected chi connectivity index (χ0v) is 22.8. The number of carboxylic acid groups (broad SMARTS) is 1. The molecule has 8 nitrogen and oxygen atoms in total.